The molecule has 0 bridgehead atoms. The summed E-state index contributed by atoms with van der Waals surface area (Å²) in [6, 6.07) is 8.86. The van der Waals surface area contributed by atoms with Crippen molar-refractivity contribution in [2.75, 3.05) is 19.8 Å². The molecule has 0 radical (unpaired) electrons. The monoisotopic (exact) mass is 285 g/mol. The third kappa shape index (κ3) is 3.17. The highest BCUT2D eigenvalue weighted by Crippen LogP contribution is 2.26. The number of ether oxygens (including phenoxy) is 1. The van der Waals surface area contributed by atoms with E-state index in [4.69, 9.17) is 4.74 Å². The van der Waals surface area contributed by atoms with Crippen molar-refractivity contribution in [3.8, 4) is 11.3 Å². The van der Waals surface area contributed by atoms with Crippen LogP contribution in [0.15, 0.2) is 30.5 Å². The van der Waals surface area contributed by atoms with E-state index in [-0.39, 0.29) is 11.5 Å². The molecular weight excluding hydrogens is 262 g/mol. The van der Waals surface area contributed by atoms with Crippen molar-refractivity contribution in [3.63, 3.8) is 0 Å². The number of aromatic nitrogens is 2. The zero-order valence-electron chi connectivity index (χ0n) is 12.9. The van der Waals surface area contributed by atoms with Gasteiger partial charge in [-0.15, -0.1) is 0 Å². The van der Waals surface area contributed by atoms with E-state index in [1.807, 2.05) is 6.20 Å². The Hall–Kier alpha value is -1.65. The van der Waals surface area contributed by atoms with Crippen molar-refractivity contribution in [3.05, 3.63) is 41.9 Å². The largest absolute Gasteiger partial charge is 0.378 e. The van der Waals surface area contributed by atoms with E-state index < -0.39 is 0 Å². The molecule has 0 amide bonds. The van der Waals surface area contributed by atoms with Crippen LogP contribution in [-0.2, 0) is 10.2 Å². The van der Waals surface area contributed by atoms with Crippen LogP contribution in [-0.4, -0.2) is 29.7 Å². The fraction of sp³-hybridized carbons (Fsp3) is 0.471. The molecule has 4 heteroatoms. The van der Waals surface area contributed by atoms with Gasteiger partial charge in [0.25, 0.3) is 0 Å². The van der Waals surface area contributed by atoms with Crippen LogP contribution in [0.4, 0.5) is 0 Å². The molecule has 112 valence electrons. The van der Waals surface area contributed by atoms with Gasteiger partial charge in [-0.3, -0.25) is 0 Å². The van der Waals surface area contributed by atoms with E-state index in [0.29, 0.717) is 6.61 Å². The molecule has 4 nitrogen and oxygen atoms in total. The van der Waals surface area contributed by atoms with Gasteiger partial charge < -0.3 is 15.0 Å². The molecule has 2 heterocycles. The third-order valence-electron chi connectivity index (χ3n) is 3.91. The predicted molar refractivity (Wildman–Crippen MR) is 84.3 cm³/mol. The zero-order valence-corrected chi connectivity index (χ0v) is 12.9. The number of aromatic amines is 1. The molecule has 2 N–H and O–H groups in total. The first-order valence-corrected chi connectivity index (χ1v) is 7.51. The maximum atomic E-state index is 5.48. The van der Waals surface area contributed by atoms with E-state index in [1.54, 1.807) is 0 Å². The van der Waals surface area contributed by atoms with Crippen LogP contribution in [0.5, 0.6) is 0 Å². The summed E-state index contributed by atoms with van der Waals surface area (Å²) in [5.41, 5.74) is 3.74. The summed E-state index contributed by atoms with van der Waals surface area (Å²) in [6.45, 7) is 9.01. The highest BCUT2D eigenvalue weighted by Gasteiger charge is 2.18. The Morgan fingerprint density at radius 2 is 1.95 bits per heavy atom. The molecule has 21 heavy (non-hydrogen) atoms. The Kier molecular flexibility index (Phi) is 3.83. The number of imidazole rings is 1. The lowest BCUT2D eigenvalue weighted by Crippen LogP contribution is -2.35. The Labute approximate surface area is 125 Å². The molecule has 2 aromatic rings. The maximum absolute atomic E-state index is 5.48. The standard InChI is InChI=1S/C17H23N3O/c1-17(2,3)13-6-4-12(5-7-13)14-10-19-16(20-14)15-11-21-9-8-18-15/h4-7,10,15,18H,8-9,11H2,1-3H3,(H,19,20). The van der Waals surface area contributed by atoms with Crippen molar-refractivity contribution in [1.29, 1.82) is 0 Å². The fourth-order valence-corrected chi connectivity index (χ4v) is 2.55. The summed E-state index contributed by atoms with van der Waals surface area (Å²) < 4.78 is 5.48. The Morgan fingerprint density at radius 3 is 2.57 bits per heavy atom. The van der Waals surface area contributed by atoms with Gasteiger partial charge in [-0.25, -0.2) is 4.98 Å². The molecule has 1 aromatic carbocycles. The van der Waals surface area contributed by atoms with Crippen molar-refractivity contribution in [2.45, 2.75) is 32.2 Å². The first-order chi connectivity index (χ1) is 10.0. The summed E-state index contributed by atoms with van der Waals surface area (Å²) in [4.78, 5) is 7.89. The van der Waals surface area contributed by atoms with Crippen LogP contribution in [0.2, 0.25) is 0 Å². The topological polar surface area (TPSA) is 49.9 Å². The molecule has 1 atom stereocenters. The van der Waals surface area contributed by atoms with Crippen molar-refractivity contribution < 1.29 is 4.74 Å². The van der Waals surface area contributed by atoms with Crippen LogP contribution in [0.3, 0.4) is 0 Å². The Bertz CT molecular complexity index is 589. The van der Waals surface area contributed by atoms with E-state index >= 15 is 0 Å². The second kappa shape index (κ2) is 5.62. The predicted octanol–water partition coefficient (Wildman–Crippen LogP) is 3.04. The number of nitrogens with one attached hydrogen (secondary N) is 2. The first kappa shape index (κ1) is 14.3. The summed E-state index contributed by atoms with van der Waals surface area (Å²) in [7, 11) is 0. The minimum atomic E-state index is 0.168. The van der Waals surface area contributed by atoms with Gasteiger partial charge in [0.05, 0.1) is 31.1 Å². The lowest BCUT2D eigenvalue weighted by Gasteiger charge is -2.21. The molecule has 0 saturated carbocycles. The van der Waals surface area contributed by atoms with Crippen molar-refractivity contribution in [2.24, 2.45) is 0 Å². The number of rotatable bonds is 2. The smallest absolute Gasteiger partial charge is 0.126 e. The van der Waals surface area contributed by atoms with E-state index in [1.165, 1.54) is 11.1 Å². The fourth-order valence-electron chi connectivity index (χ4n) is 2.55. The number of hydrogen-bond acceptors (Lipinski definition) is 3. The number of H-pyrrole nitrogens is 1. The molecular formula is C17H23N3O. The van der Waals surface area contributed by atoms with Gasteiger partial charge >= 0.3 is 0 Å². The highest BCUT2D eigenvalue weighted by atomic mass is 16.5. The van der Waals surface area contributed by atoms with Gasteiger partial charge in [0.15, 0.2) is 0 Å². The summed E-state index contributed by atoms with van der Waals surface area (Å²) in [5, 5.41) is 3.41. The van der Waals surface area contributed by atoms with Crippen LogP contribution in [0, 0.1) is 0 Å². The average molecular weight is 285 g/mol. The molecule has 1 aliphatic rings. The van der Waals surface area contributed by atoms with Gasteiger partial charge in [0, 0.05) is 6.54 Å². The van der Waals surface area contributed by atoms with E-state index in [0.717, 1.165) is 24.7 Å². The first-order valence-electron chi connectivity index (χ1n) is 7.51. The Balaban J connectivity index is 1.79. The van der Waals surface area contributed by atoms with Crippen LogP contribution < -0.4 is 5.32 Å². The lowest BCUT2D eigenvalue weighted by molar-refractivity contribution is 0.0745. The molecule has 1 aromatic heterocycles. The van der Waals surface area contributed by atoms with Gasteiger partial charge in [-0.2, -0.15) is 0 Å². The molecule has 3 rings (SSSR count). The normalized spacial score (nSPS) is 19.7. The second-order valence-electron chi connectivity index (χ2n) is 6.59. The van der Waals surface area contributed by atoms with Crippen LogP contribution >= 0.6 is 0 Å². The van der Waals surface area contributed by atoms with Crippen molar-refractivity contribution >= 4 is 0 Å². The van der Waals surface area contributed by atoms with Gasteiger partial charge in [0.1, 0.15) is 5.82 Å². The zero-order chi connectivity index (χ0) is 14.9. The van der Waals surface area contributed by atoms with E-state index in [9.17, 15) is 0 Å². The minimum Gasteiger partial charge on any atom is -0.378 e. The quantitative estimate of drug-likeness (QED) is 0.891. The number of morpholine rings is 1. The van der Waals surface area contributed by atoms with Crippen LogP contribution in [0.25, 0.3) is 11.3 Å². The van der Waals surface area contributed by atoms with Gasteiger partial charge in [-0.1, -0.05) is 45.0 Å². The number of nitrogens with zero attached hydrogens (tertiary/aromatic N) is 1. The molecule has 1 unspecified atom stereocenters. The molecule has 1 fully saturated rings. The highest BCUT2D eigenvalue weighted by molar-refractivity contribution is 5.59. The van der Waals surface area contributed by atoms with Crippen molar-refractivity contribution in [1.82, 2.24) is 15.3 Å². The molecule has 1 aliphatic heterocycles. The summed E-state index contributed by atoms with van der Waals surface area (Å²) in [5.74, 6) is 0.949. The summed E-state index contributed by atoms with van der Waals surface area (Å²) >= 11 is 0. The minimum absolute atomic E-state index is 0.168. The maximum Gasteiger partial charge on any atom is 0.126 e. The van der Waals surface area contributed by atoms with Gasteiger partial charge in [0.2, 0.25) is 0 Å². The summed E-state index contributed by atoms with van der Waals surface area (Å²) in [6.07, 6.45) is 1.90. The molecule has 0 aliphatic carbocycles. The second-order valence-corrected chi connectivity index (χ2v) is 6.59. The Morgan fingerprint density at radius 1 is 1.19 bits per heavy atom. The average Bonchev–Trinajstić information content (AvgIpc) is 2.97. The van der Waals surface area contributed by atoms with Crippen LogP contribution in [0.1, 0.15) is 38.2 Å². The molecule has 0 spiro atoms. The molecule has 1 saturated heterocycles. The third-order valence-corrected chi connectivity index (χ3v) is 3.91. The lowest BCUT2D eigenvalue weighted by atomic mass is 9.86. The van der Waals surface area contributed by atoms with E-state index in [2.05, 4.69) is 60.3 Å². The SMILES string of the molecule is CC(C)(C)c1ccc(-c2cnc(C3COCCN3)[nH]2)cc1. The number of benzene rings is 1. The van der Waals surface area contributed by atoms with Gasteiger partial charge in [-0.05, 0) is 16.5 Å². The number of hydrogen-bond donors (Lipinski definition) is 2.